The van der Waals surface area contributed by atoms with E-state index in [1.165, 1.54) is 10.0 Å². The maximum absolute atomic E-state index is 5.74. The molecular weight excluding hydrogens is 276 g/mol. The smallest absolute Gasteiger partial charge is 0.0404 e. The molecule has 0 aromatic heterocycles. The van der Waals surface area contributed by atoms with E-state index in [0.29, 0.717) is 6.04 Å². The third kappa shape index (κ3) is 3.54. The van der Waals surface area contributed by atoms with Crippen molar-refractivity contribution in [2.24, 2.45) is 11.1 Å². The molecule has 0 aliphatic rings. The van der Waals surface area contributed by atoms with E-state index in [0.717, 1.165) is 13.0 Å². The summed E-state index contributed by atoms with van der Waals surface area (Å²) >= 11 is 3.65. The fourth-order valence-electron chi connectivity index (χ4n) is 2.60. The fourth-order valence-corrected chi connectivity index (χ4v) is 3.11. The van der Waals surface area contributed by atoms with Crippen molar-refractivity contribution >= 4 is 15.9 Å². The molecule has 1 aromatic carbocycles. The minimum absolute atomic E-state index is 0.155. The Morgan fingerprint density at radius 1 is 1.29 bits per heavy atom. The largest absolute Gasteiger partial charge is 0.330 e. The van der Waals surface area contributed by atoms with E-state index < -0.39 is 0 Å². The third-order valence-electron chi connectivity index (χ3n) is 3.25. The Labute approximate surface area is 113 Å². The summed E-state index contributed by atoms with van der Waals surface area (Å²) in [6.07, 6.45) is 1.01. The topological polar surface area (TPSA) is 29.3 Å². The van der Waals surface area contributed by atoms with Gasteiger partial charge in [-0.25, -0.2) is 0 Å². The van der Waals surface area contributed by atoms with Gasteiger partial charge in [-0.15, -0.1) is 0 Å². The zero-order chi connectivity index (χ0) is 13.1. The molecule has 0 spiro atoms. The molecule has 2 N–H and O–H groups in total. The second-order valence-electron chi connectivity index (χ2n) is 5.41. The van der Waals surface area contributed by atoms with E-state index in [-0.39, 0.29) is 5.41 Å². The standard InChI is InChI=1S/C14H23BrN2/c1-14(2,9-10-16)13(17(3)4)11-7-5-6-8-12(11)15/h5-8,13H,9-10,16H2,1-4H3. The van der Waals surface area contributed by atoms with Crippen molar-refractivity contribution in [3.63, 3.8) is 0 Å². The van der Waals surface area contributed by atoms with Crippen molar-refractivity contribution in [2.45, 2.75) is 26.3 Å². The van der Waals surface area contributed by atoms with Crippen molar-refractivity contribution in [3.8, 4) is 0 Å². The Bertz CT molecular complexity index is 361. The Hall–Kier alpha value is -0.380. The van der Waals surface area contributed by atoms with Crippen molar-refractivity contribution in [1.29, 1.82) is 0 Å². The fraction of sp³-hybridized carbons (Fsp3) is 0.571. The van der Waals surface area contributed by atoms with Gasteiger partial charge in [-0.2, -0.15) is 0 Å². The summed E-state index contributed by atoms with van der Waals surface area (Å²) in [5.41, 5.74) is 7.22. The highest BCUT2D eigenvalue weighted by atomic mass is 79.9. The van der Waals surface area contributed by atoms with Gasteiger partial charge in [0, 0.05) is 10.5 Å². The second-order valence-corrected chi connectivity index (χ2v) is 6.27. The molecule has 17 heavy (non-hydrogen) atoms. The lowest BCUT2D eigenvalue weighted by Gasteiger charge is -2.39. The zero-order valence-corrected chi connectivity index (χ0v) is 12.8. The predicted molar refractivity (Wildman–Crippen MR) is 78.0 cm³/mol. The van der Waals surface area contributed by atoms with E-state index in [4.69, 9.17) is 5.73 Å². The zero-order valence-electron chi connectivity index (χ0n) is 11.2. The number of hydrogen-bond donors (Lipinski definition) is 1. The van der Waals surface area contributed by atoms with Crippen molar-refractivity contribution < 1.29 is 0 Å². The monoisotopic (exact) mass is 298 g/mol. The summed E-state index contributed by atoms with van der Waals surface area (Å²) in [5.74, 6) is 0. The Balaban J connectivity index is 3.14. The van der Waals surface area contributed by atoms with Crippen LogP contribution < -0.4 is 5.73 Å². The molecule has 0 heterocycles. The Kier molecular flexibility index (Phi) is 5.17. The van der Waals surface area contributed by atoms with Crippen LogP contribution in [0.1, 0.15) is 31.9 Å². The highest BCUT2D eigenvalue weighted by Crippen LogP contribution is 2.41. The van der Waals surface area contributed by atoms with E-state index in [2.05, 4.69) is 73.0 Å². The molecule has 1 unspecified atom stereocenters. The van der Waals surface area contributed by atoms with Crippen LogP contribution in [0.15, 0.2) is 28.7 Å². The highest BCUT2D eigenvalue weighted by molar-refractivity contribution is 9.10. The molecule has 3 heteroatoms. The molecule has 0 bridgehead atoms. The van der Waals surface area contributed by atoms with Gasteiger partial charge in [0.1, 0.15) is 0 Å². The van der Waals surface area contributed by atoms with E-state index in [1.54, 1.807) is 0 Å². The molecule has 0 aliphatic carbocycles. The van der Waals surface area contributed by atoms with Gasteiger partial charge >= 0.3 is 0 Å². The van der Waals surface area contributed by atoms with Crippen LogP contribution in [0.25, 0.3) is 0 Å². The highest BCUT2D eigenvalue weighted by Gasteiger charge is 2.32. The quantitative estimate of drug-likeness (QED) is 0.902. The van der Waals surface area contributed by atoms with Crippen molar-refractivity contribution in [3.05, 3.63) is 34.3 Å². The molecule has 0 saturated heterocycles. The van der Waals surface area contributed by atoms with Gasteiger partial charge in [-0.3, -0.25) is 0 Å². The van der Waals surface area contributed by atoms with Crippen LogP contribution in [0.4, 0.5) is 0 Å². The van der Waals surface area contributed by atoms with Crippen molar-refractivity contribution in [1.82, 2.24) is 4.90 Å². The molecule has 0 fully saturated rings. The van der Waals surface area contributed by atoms with Crippen LogP contribution in [-0.2, 0) is 0 Å². The molecular formula is C14H23BrN2. The van der Waals surface area contributed by atoms with Crippen LogP contribution in [0.2, 0.25) is 0 Å². The number of nitrogens with zero attached hydrogens (tertiary/aromatic N) is 1. The van der Waals surface area contributed by atoms with Crippen LogP contribution in [-0.4, -0.2) is 25.5 Å². The van der Waals surface area contributed by atoms with Crippen molar-refractivity contribution in [2.75, 3.05) is 20.6 Å². The Morgan fingerprint density at radius 3 is 2.35 bits per heavy atom. The number of rotatable bonds is 5. The maximum Gasteiger partial charge on any atom is 0.0404 e. The van der Waals surface area contributed by atoms with Crippen LogP contribution >= 0.6 is 15.9 Å². The molecule has 1 atom stereocenters. The van der Waals surface area contributed by atoms with Gasteiger partial charge in [-0.05, 0) is 44.1 Å². The SMILES string of the molecule is CN(C)C(c1ccccc1Br)C(C)(C)CCN. The molecule has 2 nitrogen and oxygen atoms in total. The summed E-state index contributed by atoms with van der Waals surface area (Å²) in [6.45, 7) is 5.29. The first kappa shape index (κ1) is 14.7. The predicted octanol–water partition coefficient (Wildman–Crippen LogP) is 3.43. The number of halogens is 1. The lowest BCUT2D eigenvalue weighted by Crippen LogP contribution is -2.35. The molecule has 0 amide bonds. The molecule has 1 aromatic rings. The average Bonchev–Trinajstić information content (AvgIpc) is 2.20. The van der Waals surface area contributed by atoms with Gasteiger partial charge in [0.15, 0.2) is 0 Å². The lowest BCUT2D eigenvalue weighted by atomic mass is 9.77. The normalized spacial score (nSPS) is 14.1. The molecule has 96 valence electrons. The summed E-state index contributed by atoms with van der Waals surface area (Å²) < 4.78 is 1.17. The minimum atomic E-state index is 0.155. The van der Waals surface area contributed by atoms with Crippen LogP contribution in [0, 0.1) is 5.41 Å². The number of hydrogen-bond acceptors (Lipinski definition) is 2. The number of nitrogens with two attached hydrogens (primary N) is 1. The van der Waals surface area contributed by atoms with E-state index >= 15 is 0 Å². The molecule has 0 saturated carbocycles. The minimum Gasteiger partial charge on any atom is -0.330 e. The summed E-state index contributed by atoms with van der Waals surface area (Å²) in [6, 6.07) is 8.80. The van der Waals surface area contributed by atoms with Crippen LogP contribution in [0.3, 0.4) is 0 Å². The molecule has 0 radical (unpaired) electrons. The second kappa shape index (κ2) is 5.98. The van der Waals surface area contributed by atoms with Gasteiger partial charge in [0.25, 0.3) is 0 Å². The Morgan fingerprint density at radius 2 is 1.88 bits per heavy atom. The van der Waals surface area contributed by atoms with Crippen LogP contribution in [0.5, 0.6) is 0 Å². The van der Waals surface area contributed by atoms with Gasteiger partial charge in [-0.1, -0.05) is 48.0 Å². The van der Waals surface area contributed by atoms with E-state index in [1.807, 2.05) is 0 Å². The van der Waals surface area contributed by atoms with Gasteiger partial charge in [0.05, 0.1) is 0 Å². The number of benzene rings is 1. The van der Waals surface area contributed by atoms with Gasteiger partial charge < -0.3 is 10.6 Å². The third-order valence-corrected chi connectivity index (χ3v) is 3.97. The summed E-state index contributed by atoms with van der Waals surface area (Å²) in [5, 5.41) is 0. The summed E-state index contributed by atoms with van der Waals surface area (Å²) in [4.78, 5) is 2.27. The van der Waals surface area contributed by atoms with E-state index in [9.17, 15) is 0 Å². The first-order chi connectivity index (χ1) is 7.90. The average molecular weight is 299 g/mol. The molecule has 0 aliphatic heterocycles. The summed E-state index contributed by atoms with van der Waals surface area (Å²) in [7, 11) is 4.25. The lowest BCUT2D eigenvalue weighted by molar-refractivity contribution is 0.128. The first-order valence-electron chi connectivity index (χ1n) is 6.01. The molecule has 1 rings (SSSR count). The maximum atomic E-state index is 5.74. The van der Waals surface area contributed by atoms with Gasteiger partial charge in [0.2, 0.25) is 0 Å². The first-order valence-corrected chi connectivity index (χ1v) is 6.80.